The second-order valence-corrected chi connectivity index (χ2v) is 5.33. The molecule has 0 amide bonds. The molecule has 2 aromatic rings. The molecule has 2 aromatic carbocycles. The van der Waals surface area contributed by atoms with Gasteiger partial charge in [-0.2, -0.15) is 0 Å². The molecule has 3 rings (SSSR count). The maximum absolute atomic E-state index is 9.44. The highest BCUT2D eigenvalue weighted by atomic mass is 16.3. The Morgan fingerprint density at radius 3 is 3.00 bits per heavy atom. The number of fused-ring (bicyclic) bond motifs is 1. The third-order valence-corrected chi connectivity index (χ3v) is 3.84. The van der Waals surface area contributed by atoms with Crippen molar-refractivity contribution in [3.63, 3.8) is 0 Å². The van der Waals surface area contributed by atoms with Crippen molar-refractivity contribution in [2.45, 2.75) is 26.3 Å². The van der Waals surface area contributed by atoms with E-state index in [1.165, 1.54) is 23.2 Å². The zero-order valence-corrected chi connectivity index (χ0v) is 11.7. The van der Waals surface area contributed by atoms with Crippen LogP contribution in [0.2, 0.25) is 0 Å². The topological polar surface area (TPSA) is 44.3 Å². The summed E-state index contributed by atoms with van der Waals surface area (Å²) in [6, 6.07) is 11.9. The monoisotopic (exact) mass is 268 g/mol. The number of benzene rings is 2. The Balaban J connectivity index is 1.78. The largest absolute Gasteiger partial charge is 0.508 e. The summed E-state index contributed by atoms with van der Waals surface area (Å²) in [5.41, 5.74) is 6.13. The second kappa shape index (κ2) is 5.45. The molecule has 0 saturated heterocycles. The molecular weight excluding hydrogens is 248 g/mol. The van der Waals surface area contributed by atoms with Gasteiger partial charge in [0, 0.05) is 24.5 Å². The lowest BCUT2D eigenvalue weighted by Crippen LogP contribution is -2.15. The Morgan fingerprint density at radius 1 is 1.25 bits per heavy atom. The minimum atomic E-state index is 0.312. The number of rotatable bonds is 3. The molecule has 0 aromatic heterocycles. The van der Waals surface area contributed by atoms with Gasteiger partial charge in [0.25, 0.3) is 0 Å². The first kappa shape index (κ1) is 12.9. The first-order valence-electron chi connectivity index (χ1n) is 7.12. The smallest absolute Gasteiger partial charge is 0.115 e. The zero-order valence-electron chi connectivity index (χ0n) is 11.7. The third kappa shape index (κ3) is 2.57. The van der Waals surface area contributed by atoms with Crippen molar-refractivity contribution in [3.05, 3.63) is 53.1 Å². The van der Waals surface area contributed by atoms with Gasteiger partial charge in [-0.1, -0.05) is 18.2 Å². The van der Waals surface area contributed by atoms with Crippen LogP contribution in [0.15, 0.2) is 36.4 Å². The van der Waals surface area contributed by atoms with Crippen LogP contribution in [0.25, 0.3) is 0 Å². The lowest BCUT2D eigenvalue weighted by atomic mass is 9.99. The van der Waals surface area contributed by atoms with E-state index in [0.29, 0.717) is 5.75 Å². The van der Waals surface area contributed by atoms with Crippen molar-refractivity contribution < 1.29 is 5.11 Å². The number of hydrogen-bond donors (Lipinski definition) is 3. The lowest BCUT2D eigenvalue weighted by Gasteiger charge is -2.22. The van der Waals surface area contributed by atoms with E-state index in [2.05, 4.69) is 28.8 Å². The maximum Gasteiger partial charge on any atom is 0.115 e. The molecule has 3 nitrogen and oxygen atoms in total. The molecule has 0 unspecified atom stereocenters. The number of nitrogens with one attached hydrogen (secondary N) is 2. The predicted molar refractivity (Wildman–Crippen MR) is 83.4 cm³/mol. The van der Waals surface area contributed by atoms with Crippen molar-refractivity contribution in [3.8, 4) is 5.75 Å². The van der Waals surface area contributed by atoms with Gasteiger partial charge in [0.05, 0.1) is 0 Å². The minimum absolute atomic E-state index is 0.312. The van der Waals surface area contributed by atoms with Crippen molar-refractivity contribution in [2.24, 2.45) is 0 Å². The standard InChI is InChI=1S/C17H20N2O/c1-12-10-15(20)7-8-16(12)19-11-14-5-2-4-13-6-3-9-18-17(13)14/h2,4-5,7-8,10,18-20H,3,6,9,11H2,1H3. The average molecular weight is 268 g/mol. The van der Waals surface area contributed by atoms with Crippen LogP contribution >= 0.6 is 0 Å². The van der Waals surface area contributed by atoms with Crippen LogP contribution < -0.4 is 10.6 Å². The van der Waals surface area contributed by atoms with Gasteiger partial charge in [0.2, 0.25) is 0 Å². The van der Waals surface area contributed by atoms with Crippen LogP contribution in [0.1, 0.15) is 23.1 Å². The number of para-hydroxylation sites is 1. The first-order chi connectivity index (χ1) is 9.74. The Morgan fingerprint density at radius 2 is 2.15 bits per heavy atom. The van der Waals surface area contributed by atoms with E-state index in [-0.39, 0.29) is 0 Å². The maximum atomic E-state index is 9.44. The minimum Gasteiger partial charge on any atom is -0.508 e. The second-order valence-electron chi connectivity index (χ2n) is 5.33. The molecule has 0 bridgehead atoms. The quantitative estimate of drug-likeness (QED) is 0.744. The fourth-order valence-corrected chi connectivity index (χ4v) is 2.76. The number of phenolic OH excluding ortho intramolecular Hbond substituents is 1. The van der Waals surface area contributed by atoms with Gasteiger partial charge in [-0.15, -0.1) is 0 Å². The van der Waals surface area contributed by atoms with E-state index >= 15 is 0 Å². The fourth-order valence-electron chi connectivity index (χ4n) is 2.76. The van der Waals surface area contributed by atoms with E-state index in [1.54, 1.807) is 12.1 Å². The summed E-state index contributed by atoms with van der Waals surface area (Å²) in [7, 11) is 0. The van der Waals surface area contributed by atoms with E-state index in [9.17, 15) is 5.11 Å². The summed E-state index contributed by atoms with van der Waals surface area (Å²) in [4.78, 5) is 0. The van der Waals surface area contributed by atoms with Crippen molar-refractivity contribution in [1.29, 1.82) is 0 Å². The van der Waals surface area contributed by atoms with E-state index in [0.717, 1.165) is 30.8 Å². The Bertz CT molecular complexity index is 622. The molecule has 1 aliphatic heterocycles. The van der Waals surface area contributed by atoms with Crippen LogP contribution in [-0.4, -0.2) is 11.7 Å². The summed E-state index contributed by atoms with van der Waals surface area (Å²) in [6.45, 7) is 3.85. The molecule has 0 radical (unpaired) electrons. The molecule has 1 heterocycles. The molecule has 3 heteroatoms. The number of hydrogen-bond acceptors (Lipinski definition) is 3. The zero-order chi connectivity index (χ0) is 13.9. The number of aryl methyl sites for hydroxylation is 2. The van der Waals surface area contributed by atoms with E-state index in [4.69, 9.17) is 0 Å². The van der Waals surface area contributed by atoms with Gasteiger partial charge in [0.15, 0.2) is 0 Å². The molecule has 20 heavy (non-hydrogen) atoms. The van der Waals surface area contributed by atoms with Crippen LogP contribution in [0.4, 0.5) is 11.4 Å². The van der Waals surface area contributed by atoms with Crippen LogP contribution in [0.5, 0.6) is 5.75 Å². The SMILES string of the molecule is Cc1cc(O)ccc1NCc1cccc2c1NCCC2. The van der Waals surface area contributed by atoms with Gasteiger partial charge < -0.3 is 15.7 Å². The molecular formula is C17H20N2O. The van der Waals surface area contributed by atoms with Gasteiger partial charge in [-0.25, -0.2) is 0 Å². The normalized spacial score (nSPS) is 13.4. The van der Waals surface area contributed by atoms with Crippen LogP contribution in [0.3, 0.4) is 0 Å². The highest BCUT2D eigenvalue weighted by molar-refractivity contribution is 5.61. The molecule has 3 N–H and O–H groups in total. The van der Waals surface area contributed by atoms with Gasteiger partial charge in [-0.3, -0.25) is 0 Å². The van der Waals surface area contributed by atoms with Crippen LogP contribution in [0, 0.1) is 6.92 Å². The fraction of sp³-hybridized carbons (Fsp3) is 0.294. The van der Waals surface area contributed by atoms with E-state index in [1.807, 2.05) is 13.0 Å². The Kier molecular flexibility index (Phi) is 3.50. The molecule has 0 saturated carbocycles. The van der Waals surface area contributed by atoms with E-state index < -0.39 is 0 Å². The van der Waals surface area contributed by atoms with Crippen molar-refractivity contribution >= 4 is 11.4 Å². The molecule has 0 aliphatic carbocycles. The summed E-state index contributed by atoms with van der Waals surface area (Å²) >= 11 is 0. The number of anilines is 2. The van der Waals surface area contributed by atoms with Gasteiger partial charge in [-0.05, 0) is 54.7 Å². The molecule has 1 aliphatic rings. The number of aromatic hydroxyl groups is 1. The molecule has 104 valence electrons. The molecule has 0 atom stereocenters. The van der Waals surface area contributed by atoms with Crippen molar-refractivity contribution in [2.75, 3.05) is 17.2 Å². The van der Waals surface area contributed by atoms with Gasteiger partial charge >= 0.3 is 0 Å². The molecule has 0 spiro atoms. The van der Waals surface area contributed by atoms with Crippen LogP contribution in [-0.2, 0) is 13.0 Å². The van der Waals surface area contributed by atoms with Gasteiger partial charge in [0.1, 0.15) is 5.75 Å². The molecule has 0 fully saturated rings. The first-order valence-corrected chi connectivity index (χ1v) is 7.12. The summed E-state index contributed by atoms with van der Waals surface area (Å²) < 4.78 is 0. The summed E-state index contributed by atoms with van der Waals surface area (Å²) in [5.74, 6) is 0.312. The Hall–Kier alpha value is -2.16. The van der Waals surface area contributed by atoms with Crippen molar-refractivity contribution in [1.82, 2.24) is 0 Å². The highest BCUT2D eigenvalue weighted by Crippen LogP contribution is 2.27. The third-order valence-electron chi connectivity index (χ3n) is 3.84. The lowest BCUT2D eigenvalue weighted by molar-refractivity contribution is 0.475. The average Bonchev–Trinajstić information content (AvgIpc) is 2.46. The predicted octanol–water partition coefficient (Wildman–Crippen LogP) is 3.67. The summed E-state index contributed by atoms with van der Waals surface area (Å²) in [5, 5.41) is 16.4. The summed E-state index contributed by atoms with van der Waals surface area (Å²) in [6.07, 6.45) is 2.37. The number of phenols is 1. The Labute approximate surface area is 119 Å². The highest BCUT2D eigenvalue weighted by Gasteiger charge is 2.12.